The van der Waals surface area contributed by atoms with Crippen molar-refractivity contribution >= 4 is 0 Å². The van der Waals surface area contributed by atoms with Gasteiger partial charge in [0.05, 0.1) is 0 Å². The highest BCUT2D eigenvalue weighted by molar-refractivity contribution is 4.81. The van der Waals surface area contributed by atoms with Gasteiger partial charge < -0.3 is 5.32 Å². The molecule has 1 atom stereocenters. The highest BCUT2D eigenvalue weighted by atomic mass is 14.9. The SMILES string of the molecule is C=CCCCCCCC(C)CNC1CC1. The first kappa shape index (κ1) is 12.8. The largest absolute Gasteiger partial charge is 0.314 e. The summed E-state index contributed by atoms with van der Waals surface area (Å²) in [5, 5.41) is 3.60. The number of nitrogens with one attached hydrogen (secondary N) is 1. The van der Waals surface area contributed by atoms with E-state index in [1.807, 2.05) is 6.08 Å². The van der Waals surface area contributed by atoms with E-state index in [2.05, 4.69) is 18.8 Å². The maximum atomic E-state index is 3.75. The summed E-state index contributed by atoms with van der Waals surface area (Å²) in [5.74, 6) is 0.866. The molecule has 0 saturated heterocycles. The van der Waals surface area contributed by atoms with Crippen LogP contribution in [0.3, 0.4) is 0 Å². The van der Waals surface area contributed by atoms with Crippen molar-refractivity contribution in [2.75, 3.05) is 6.54 Å². The molecule has 0 amide bonds. The predicted molar refractivity (Wildman–Crippen MR) is 68.1 cm³/mol. The monoisotopic (exact) mass is 209 g/mol. The quantitative estimate of drug-likeness (QED) is 0.425. The first-order chi connectivity index (χ1) is 7.33. The molecule has 1 aliphatic carbocycles. The van der Waals surface area contributed by atoms with Crippen LogP contribution in [0.1, 0.15) is 58.3 Å². The highest BCUT2D eigenvalue weighted by Gasteiger charge is 2.20. The van der Waals surface area contributed by atoms with Crippen LogP contribution in [0.4, 0.5) is 0 Å². The third-order valence-corrected chi connectivity index (χ3v) is 3.19. The lowest BCUT2D eigenvalue weighted by Gasteiger charge is -2.11. The maximum absolute atomic E-state index is 3.75. The Bertz CT molecular complexity index is 161. The molecule has 1 aliphatic rings. The molecule has 1 heteroatoms. The van der Waals surface area contributed by atoms with Crippen molar-refractivity contribution in [3.8, 4) is 0 Å². The lowest BCUT2D eigenvalue weighted by molar-refractivity contribution is 0.452. The molecule has 0 radical (unpaired) electrons. The van der Waals surface area contributed by atoms with Crippen LogP contribution in [0.5, 0.6) is 0 Å². The van der Waals surface area contributed by atoms with E-state index in [9.17, 15) is 0 Å². The third-order valence-electron chi connectivity index (χ3n) is 3.19. The lowest BCUT2D eigenvalue weighted by atomic mass is 10.0. The van der Waals surface area contributed by atoms with Gasteiger partial charge in [0.2, 0.25) is 0 Å². The zero-order valence-electron chi connectivity index (χ0n) is 10.3. The van der Waals surface area contributed by atoms with Gasteiger partial charge in [0, 0.05) is 6.04 Å². The summed E-state index contributed by atoms with van der Waals surface area (Å²) in [6, 6.07) is 0.875. The molecule has 15 heavy (non-hydrogen) atoms. The fourth-order valence-corrected chi connectivity index (χ4v) is 1.89. The van der Waals surface area contributed by atoms with Crippen LogP contribution in [0, 0.1) is 5.92 Å². The number of hydrogen-bond donors (Lipinski definition) is 1. The van der Waals surface area contributed by atoms with Gasteiger partial charge in [-0.3, -0.25) is 0 Å². The minimum atomic E-state index is 0.866. The zero-order chi connectivity index (χ0) is 10.9. The van der Waals surface area contributed by atoms with Gasteiger partial charge in [-0.25, -0.2) is 0 Å². The van der Waals surface area contributed by atoms with Gasteiger partial charge in [-0.15, -0.1) is 6.58 Å². The number of unbranched alkanes of at least 4 members (excludes halogenated alkanes) is 4. The number of allylic oxidation sites excluding steroid dienone is 1. The van der Waals surface area contributed by atoms with Crippen molar-refractivity contribution in [1.29, 1.82) is 0 Å². The Kier molecular flexibility index (Phi) is 6.74. The Morgan fingerprint density at radius 2 is 2.00 bits per heavy atom. The molecule has 0 aromatic rings. The van der Waals surface area contributed by atoms with Crippen LogP contribution >= 0.6 is 0 Å². The second-order valence-electron chi connectivity index (χ2n) is 5.07. The molecule has 1 rings (SSSR count). The van der Waals surface area contributed by atoms with Crippen molar-refractivity contribution in [2.45, 2.75) is 64.3 Å². The van der Waals surface area contributed by atoms with Gasteiger partial charge in [-0.05, 0) is 44.6 Å². The second-order valence-corrected chi connectivity index (χ2v) is 5.07. The van der Waals surface area contributed by atoms with E-state index in [-0.39, 0.29) is 0 Å². The molecule has 0 aliphatic heterocycles. The maximum Gasteiger partial charge on any atom is 0.00683 e. The summed E-state index contributed by atoms with van der Waals surface area (Å²) in [5.41, 5.74) is 0. The Labute approximate surface area is 95.3 Å². The molecule has 1 saturated carbocycles. The van der Waals surface area contributed by atoms with Crippen LogP contribution in [0.2, 0.25) is 0 Å². The molecule has 88 valence electrons. The van der Waals surface area contributed by atoms with Gasteiger partial charge in [0.1, 0.15) is 0 Å². The van der Waals surface area contributed by atoms with E-state index >= 15 is 0 Å². The zero-order valence-corrected chi connectivity index (χ0v) is 10.3. The number of hydrogen-bond acceptors (Lipinski definition) is 1. The minimum Gasteiger partial charge on any atom is -0.314 e. The first-order valence-electron chi connectivity index (χ1n) is 6.67. The van der Waals surface area contributed by atoms with E-state index in [0.717, 1.165) is 12.0 Å². The Balaban J connectivity index is 1.78. The molecule has 1 unspecified atom stereocenters. The fraction of sp³-hybridized carbons (Fsp3) is 0.857. The summed E-state index contributed by atoms with van der Waals surface area (Å²) < 4.78 is 0. The fourth-order valence-electron chi connectivity index (χ4n) is 1.89. The van der Waals surface area contributed by atoms with E-state index in [4.69, 9.17) is 0 Å². The van der Waals surface area contributed by atoms with Crippen LogP contribution in [-0.2, 0) is 0 Å². The van der Waals surface area contributed by atoms with Gasteiger partial charge in [-0.2, -0.15) is 0 Å². The molecule has 1 N–H and O–H groups in total. The molecule has 0 aromatic heterocycles. The van der Waals surface area contributed by atoms with Crippen molar-refractivity contribution in [1.82, 2.24) is 5.32 Å². The van der Waals surface area contributed by atoms with E-state index < -0.39 is 0 Å². The summed E-state index contributed by atoms with van der Waals surface area (Å²) >= 11 is 0. The van der Waals surface area contributed by atoms with Crippen molar-refractivity contribution in [2.24, 2.45) is 5.92 Å². The van der Waals surface area contributed by atoms with Crippen LogP contribution in [-0.4, -0.2) is 12.6 Å². The topological polar surface area (TPSA) is 12.0 Å². The van der Waals surface area contributed by atoms with Crippen molar-refractivity contribution in [3.63, 3.8) is 0 Å². The third kappa shape index (κ3) is 7.61. The normalized spacial score (nSPS) is 17.7. The van der Waals surface area contributed by atoms with Crippen LogP contribution in [0.15, 0.2) is 12.7 Å². The van der Waals surface area contributed by atoms with E-state index in [0.29, 0.717) is 0 Å². The Morgan fingerprint density at radius 1 is 1.27 bits per heavy atom. The van der Waals surface area contributed by atoms with Gasteiger partial charge in [-0.1, -0.05) is 32.3 Å². The molecular weight excluding hydrogens is 182 g/mol. The molecular formula is C14H27N. The highest BCUT2D eigenvalue weighted by Crippen LogP contribution is 2.19. The van der Waals surface area contributed by atoms with E-state index in [1.54, 1.807) is 0 Å². The van der Waals surface area contributed by atoms with Crippen LogP contribution < -0.4 is 5.32 Å². The van der Waals surface area contributed by atoms with Crippen molar-refractivity contribution in [3.05, 3.63) is 12.7 Å². The molecule has 0 heterocycles. The lowest BCUT2D eigenvalue weighted by Crippen LogP contribution is -2.23. The van der Waals surface area contributed by atoms with Gasteiger partial charge in [0.25, 0.3) is 0 Å². The second kappa shape index (κ2) is 7.92. The number of rotatable bonds is 10. The Morgan fingerprint density at radius 3 is 2.67 bits per heavy atom. The molecule has 1 fully saturated rings. The van der Waals surface area contributed by atoms with Gasteiger partial charge in [0.15, 0.2) is 0 Å². The molecule has 0 aromatic carbocycles. The average Bonchev–Trinajstić information content (AvgIpc) is 3.04. The summed E-state index contributed by atoms with van der Waals surface area (Å²) in [7, 11) is 0. The van der Waals surface area contributed by atoms with E-state index in [1.165, 1.54) is 57.9 Å². The summed E-state index contributed by atoms with van der Waals surface area (Å²) in [6.45, 7) is 7.35. The standard InChI is InChI=1S/C14H27N/c1-3-4-5-6-7-8-9-13(2)12-15-14-10-11-14/h3,13-15H,1,4-12H2,2H3. The first-order valence-corrected chi connectivity index (χ1v) is 6.67. The van der Waals surface area contributed by atoms with Crippen LogP contribution in [0.25, 0.3) is 0 Å². The van der Waals surface area contributed by atoms with Gasteiger partial charge >= 0.3 is 0 Å². The molecule has 0 bridgehead atoms. The van der Waals surface area contributed by atoms with Crippen molar-refractivity contribution < 1.29 is 0 Å². The summed E-state index contributed by atoms with van der Waals surface area (Å²) in [6.07, 6.45) is 13.0. The minimum absolute atomic E-state index is 0.866. The summed E-state index contributed by atoms with van der Waals surface area (Å²) in [4.78, 5) is 0. The smallest absolute Gasteiger partial charge is 0.00683 e. The molecule has 1 nitrogen and oxygen atoms in total. The predicted octanol–water partition coefficient (Wildman–Crippen LogP) is 3.90. The Hall–Kier alpha value is -0.300. The average molecular weight is 209 g/mol. The molecule has 0 spiro atoms.